The van der Waals surface area contributed by atoms with Crippen molar-refractivity contribution >= 4 is 11.6 Å². The van der Waals surface area contributed by atoms with Crippen molar-refractivity contribution in [2.24, 2.45) is 0 Å². The van der Waals surface area contributed by atoms with E-state index >= 15 is 0 Å². The zero-order valence-electron chi connectivity index (χ0n) is 7.13. The van der Waals surface area contributed by atoms with E-state index in [9.17, 15) is 0 Å². The SMILES string of the molecule is CO.Clc1cccc(C2CC2)c1. The van der Waals surface area contributed by atoms with E-state index in [1.54, 1.807) is 0 Å². The minimum Gasteiger partial charge on any atom is -0.400 e. The van der Waals surface area contributed by atoms with Gasteiger partial charge in [0.25, 0.3) is 0 Å². The number of aliphatic hydroxyl groups is 1. The van der Waals surface area contributed by atoms with Gasteiger partial charge < -0.3 is 5.11 Å². The lowest BCUT2D eigenvalue weighted by atomic mass is 10.1. The molecule has 1 aliphatic rings. The topological polar surface area (TPSA) is 20.2 Å². The van der Waals surface area contributed by atoms with Crippen LogP contribution in [0.2, 0.25) is 5.02 Å². The number of hydrogen-bond acceptors (Lipinski definition) is 1. The summed E-state index contributed by atoms with van der Waals surface area (Å²) in [6.07, 6.45) is 2.70. The quantitative estimate of drug-likeness (QED) is 0.712. The smallest absolute Gasteiger partial charge is 0.0408 e. The first kappa shape index (κ1) is 9.56. The number of hydrogen-bond donors (Lipinski definition) is 1. The Hall–Kier alpha value is -0.530. The number of aliphatic hydroxyl groups excluding tert-OH is 1. The molecule has 1 aromatic carbocycles. The van der Waals surface area contributed by atoms with Crippen LogP contribution in [0.4, 0.5) is 0 Å². The molecule has 1 N–H and O–H groups in total. The maximum absolute atomic E-state index is 7.00. The third-order valence-electron chi connectivity index (χ3n) is 1.90. The van der Waals surface area contributed by atoms with Gasteiger partial charge in [0, 0.05) is 12.1 Å². The van der Waals surface area contributed by atoms with Gasteiger partial charge in [-0.3, -0.25) is 0 Å². The van der Waals surface area contributed by atoms with Crippen molar-refractivity contribution in [2.75, 3.05) is 7.11 Å². The zero-order valence-corrected chi connectivity index (χ0v) is 7.88. The second kappa shape index (κ2) is 4.48. The summed E-state index contributed by atoms with van der Waals surface area (Å²) >= 11 is 5.82. The molecule has 12 heavy (non-hydrogen) atoms. The van der Waals surface area contributed by atoms with Gasteiger partial charge in [0.2, 0.25) is 0 Å². The minimum absolute atomic E-state index is 0.818. The van der Waals surface area contributed by atoms with Crippen molar-refractivity contribution in [3.63, 3.8) is 0 Å². The van der Waals surface area contributed by atoms with Gasteiger partial charge in [-0.1, -0.05) is 23.7 Å². The first-order chi connectivity index (χ1) is 5.86. The van der Waals surface area contributed by atoms with Gasteiger partial charge in [-0.2, -0.15) is 0 Å². The van der Waals surface area contributed by atoms with Crippen LogP contribution in [-0.2, 0) is 0 Å². The molecule has 0 atom stereocenters. The van der Waals surface area contributed by atoms with Crippen LogP contribution in [-0.4, -0.2) is 12.2 Å². The second-order valence-corrected chi connectivity index (χ2v) is 3.27. The van der Waals surface area contributed by atoms with Crippen molar-refractivity contribution in [2.45, 2.75) is 18.8 Å². The molecule has 1 aromatic rings. The van der Waals surface area contributed by atoms with Crippen LogP contribution in [0.25, 0.3) is 0 Å². The standard InChI is InChI=1S/C9H9Cl.CH4O/c10-9-3-1-2-8(6-9)7-4-5-7;1-2/h1-3,6-7H,4-5H2;2H,1H3. The predicted octanol–water partition coefficient (Wildman–Crippen LogP) is 2.83. The highest BCUT2D eigenvalue weighted by molar-refractivity contribution is 6.30. The van der Waals surface area contributed by atoms with E-state index in [2.05, 4.69) is 12.1 Å². The Morgan fingerprint density at radius 3 is 2.50 bits per heavy atom. The van der Waals surface area contributed by atoms with E-state index < -0.39 is 0 Å². The summed E-state index contributed by atoms with van der Waals surface area (Å²) in [4.78, 5) is 0. The first-order valence-electron chi connectivity index (χ1n) is 4.06. The van der Waals surface area contributed by atoms with Gasteiger partial charge in [0.05, 0.1) is 0 Å². The largest absolute Gasteiger partial charge is 0.400 e. The Balaban J connectivity index is 0.000000336. The minimum atomic E-state index is 0.818. The molecular formula is C10H13ClO. The van der Waals surface area contributed by atoms with E-state index in [0.29, 0.717) is 0 Å². The monoisotopic (exact) mass is 184 g/mol. The molecule has 2 heteroatoms. The molecule has 1 fully saturated rings. The lowest BCUT2D eigenvalue weighted by Gasteiger charge is -1.95. The molecule has 66 valence electrons. The van der Waals surface area contributed by atoms with E-state index in [4.69, 9.17) is 16.7 Å². The van der Waals surface area contributed by atoms with E-state index in [-0.39, 0.29) is 0 Å². The highest BCUT2D eigenvalue weighted by Crippen LogP contribution is 2.40. The fourth-order valence-electron chi connectivity index (χ4n) is 1.18. The Bertz CT molecular complexity index is 243. The molecule has 1 nitrogen and oxygen atoms in total. The van der Waals surface area contributed by atoms with Gasteiger partial charge in [-0.05, 0) is 36.5 Å². The average Bonchev–Trinajstić information content (AvgIpc) is 2.90. The molecule has 0 spiro atoms. The Morgan fingerprint density at radius 2 is 2.00 bits per heavy atom. The maximum atomic E-state index is 7.00. The average molecular weight is 185 g/mol. The zero-order chi connectivity index (χ0) is 8.97. The van der Waals surface area contributed by atoms with Crippen LogP contribution in [0, 0.1) is 0 Å². The van der Waals surface area contributed by atoms with Crippen LogP contribution < -0.4 is 0 Å². The number of rotatable bonds is 1. The van der Waals surface area contributed by atoms with Crippen LogP contribution in [0.15, 0.2) is 24.3 Å². The lowest BCUT2D eigenvalue weighted by molar-refractivity contribution is 0.399. The second-order valence-electron chi connectivity index (χ2n) is 2.83. The van der Waals surface area contributed by atoms with Crippen LogP contribution in [0.1, 0.15) is 24.3 Å². The molecule has 0 saturated heterocycles. The molecule has 1 saturated carbocycles. The van der Waals surface area contributed by atoms with E-state index in [1.165, 1.54) is 18.4 Å². The van der Waals surface area contributed by atoms with Gasteiger partial charge in [0.15, 0.2) is 0 Å². The fourth-order valence-corrected chi connectivity index (χ4v) is 1.38. The highest BCUT2D eigenvalue weighted by Gasteiger charge is 2.22. The van der Waals surface area contributed by atoms with Crippen molar-refractivity contribution in [1.29, 1.82) is 0 Å². The molecule has 0 amide bonds. The third-order valence-corrected chi connectivity index (χ3v) is 2.13. The summed E-state index contributed by atoms with van der Waals surface area (Å²) in [5, 5.41) is 7.87. The Morgan fingerprint density at radius 1 is 1.33 bits per heavy atom. The molecule has 2 rings (SSSR count). The van der Waals surface area contributed by atoms with Gasteiger partial charge >= 0.3 is 0 Å². The summed E-state index contributed by atoms with van der Waals surface area (Å²) in [7, 11) is 1.00. The number of benzene rings is 1. The van der Waals surface area contributed by atoms with E-state index in [1.807, 2.05) is 12.1 Å². The summed E-state index contributed by atoms with van der Waals surface area (Å²) in [6.45, 7) is 0. The molecule has 0 radical (unpaired) electrons. The van der Waals surface area contributed by atoms with Crippen molar-refractivity contribution in [3.8, 4) is 0 Å². The summed E-state index contributed by atoms with van der Waals surface area (Å²) < 4.78 is 0. The molecule has 0 bridgehead atoms. The molecule has 0 unspecified atom stereocenters. The normalized spacial score (nSPS) is 14.9. The maximum Gasteiger partial charge on any atom is 0.0408 e. The van der Waals surface area contributed by atoms with Gasteiger partial charge in [-0.15, -0.1) is 0 Å². The Labute approximate surface area is 78.0 Å². The van der Waals surface area contributed by atoms with Gasteiger partial charge in [-0.25, -0.2) is 0 Å². The fraction of sp³-hybridized carbons (Fsp3) is 0.400. The highest BCUT2D eigenvalue weighted by atomic mass is 35.5. The molecule has 0 heterocycles. The molecule has 1 aliphatic carbocycles. The van der Waals surface area contributed by atoms with Crippen LogP contribution in [0.3, 0.4) is 0 Å². The Kier molecular flexibility index (Phi) is 3.57. The summed E-state index contributed by atoms with van der Waals surface area (Å²) in [5.74, 6) is 0.818. The number of halogens is 1. The molecular weight excluding hydrogens is 172 g/mol. The summed E-state index contributed by atoms with van der Waals surface area (Å²) in [5.41, 5.74) is 1.41. The van der Waals surface area contributed by atoms with E-state index in [0.717, 1.165) is 18.1 Å². The van der Waals surface area contributed by atoms with Crippen molar-refractivity contribution < 1.29 is 5.11 Å². The van der Waals surface area contributed by atoms with Crippen LogP contribution in [0.5, 0.6) is 0 Å². The molecule has 0 aromatic heterocycles. The van der Waals surface area contributed by atoms with Crippen molar-refractivity contribution in [1.82, 2.24) is 0 Å². The summed E-state index contributed by atoms with van der Waals surface area (Å²) in [6, 6.07) is 8.17. The first-order valence-corrected chi connectivity index (χ1v) is 4.44. The van der Waals surface area contributed by atoms with Crippen molar-refractivity contribution in [3.05, 3.63) is 34.9 Å². The predicted molar refractivity (Wildman–Crippen MR) is 51.6 cm³/mol. The van der Waals surface area contributed by atoms with Gasteiger partial charge in [0.1, 0.15) is 0 Å². The van der Waals surface area contributed by atoms with Crippen LogP contribution >= 0.6 is 11.6 Å². The third kappa shape index (κ3) is 2.50. The lowest BCUT2D eigenvalue weighted by Crippen LogP contribution is -1.75. The molecule has 0 aliphatic heterocycles.